The summed E-state index contributed by atoms with van der Waals surface area (Å²) in [5, 5.41) is 3.39. The van der Waals surface area contributed by atoms with Crippen molar-refractivity contribution in [2.75, 3.05) is 13.2 Å². The zero-order valence-electron chi connectivity index (χ0n) is 12.9. The molecule has 0 unspecified atom stereocenters. The summed E-state index contributed by atoms with van der Waals surface area (Å²) in [5.74, 6) is -0.442. The Hall–Kier alpha value is -1.17. The highest BCUT2D eigenvalue weighted by molar-refractivity contribution is 6.31. The van der Waals surface area contributed by atoms with E-state index in [1.54, 1.807) is 12.1 Å². The molecule has 4 nitrogen and oxygen atoms in total. The maximum Gasteiger partial charge on any atom is 0.220 e. The fourth-order valence-electron chi connectivity index (χ4n) is 3.31. The summed E-state index contributed by atoms with van der Waals surface area (Å²) >= 11 is 5.98. The second-order valence-electron chi connectivity index (χ2n) is 6.10. The van der Waals surface area contributed by atoms with Crippen LogP contribution < -0.4 is 5.32 Å². The number of hydrogen-bond acceptors (Lipinski definition) is 3. The molecule has 0 spiro atoms. The molecule has 2 aliphatic rings. The molecule has 6 heteroatoms. The van der Waals surface area contributed by atoms with Gasteiger partial charge in [0.05, 0.1) is 25.4 Å². The third-order valence-electron chi connectivity index (χ3n) is 4.51. The lowest BCUT2D eigenvalue weighted by molar-refractivity contribution is -0.158. The molecule has 2 fully saturated rings. The number of ether oxygens (including phenoxy) is 2. The number of carbonyl (C=O) groups is 1. The summed E-state index contributed by atoms with van der Waals surface area (Å²) in [6, 6.07) is 4.66. The Morgan fingerprint density at radius 1 is 1.26 bits per heavy atom. The fraction of sp³-hybridized carbons (Fsp3) is 0.588. The van der Waals surface area contributed by atoms with Crippen molar-refractivity contribution in [2.24, 2.45) is 0 Å². The van der Waals surface area contributed by atoms with Crippen molar-refractivity contribution in [3.05, 3.63) is 34.6 Å². The predicted molar refractivity (Wildman–Crippen MR) is 85.0 cm³/mol. The first-order chi connectivity index (χ1) is 11.1. The Labute approximate surface area is 140 Å². The van der Waals surface area contributed by atoms with E-state index < -0.39 is 0 Å². The second-order valence-corrected chi connectivity index (χ2v) is 6.50. The van der Waals surface area contributed by atoms with Crippen LogP contribution in [-0.2, 0) is 20.7 Å². The van der Waals surface area contributed by atoms with Crippen molar-refractivity contribution in [1.29, 1.82) is 0 Å². The van der Waals surface area contributed by atoms with Gasteiger partial charge in [0, 0.05) is 23.0 Å². The van der Waals surface area contributed by atoms with E-state index in [1.165, 1.54) is 6.07 Å². The average Bonchev–Trinajstić information content (AvgIpc) is 2.54. The van der Waals surface area contributed by atoms with E-state index in [2.05, 4.69) is 5.32 Å². The van der Waals surface area contributed by atoms with Gasteiger partial charge in [-0.15, -0.1) is 0 Å². The van der Waals surface area contributed by atoms with E-state index in [9.17, 15) is 9.18 Å². The molecule has 0 radical (unpaired) electrons. The fourth-order valence-corrected chi connectivity index (χ4v) is 3.56. The molecule has 1 amide bonds. The molecule has 1 aromatic carbocycles. The van der Waals surface area contributed by atoms with E-state index in [0.29, 0.717) is 30.2 Å². The summed E-state index contributed by atoms with van der Waals surface area (Å²) < 4.78 is 25.1. The monoisotopic (exact) mass is 341 g/mol. The standard InChI is InChI=1S/C17H21ClFNO3/c18-13-2-1-3-14(19)12(13)5-7-17(21)20-11-4-6-15-16(10-11)23-9-8-22-15/h1-3,11,15-16H,4-10H2,(H,20,21)/t11-,15-,16+/m1/s1. The van der Waals surface area contributed by atoms with Gasteiger partial charge in [-0.1, -0.05) is 17.7 Å². The van der Waals surface area contributed by atoms with Gasteiger partial charge in [0.2, 0.25) is 5.91 Å². The Morgan fingerprint density at radius 2 is 2.04 bits per heavy atom. The second kappa shape index (κ2) is 7.60. The molecule has 1 aromatic rings. The third kappa shape index (κ3) is 4.22. The van der Waals surface area contributed by atoms with E-state index in [1.807, 2.05) is 0 Å². The molecule has 0 bridgehead atoms. The highest BCUT2D eigenvalue weighted by Crippen LogP contribution is 2.27. The average molecular weight is 342 g/mol. The highest BCUT2D eigenvalue weighted by Gasteiger charge is 2.34. The zero-order valence-corrected chi connectivity index (χ0v) is 13.7. The third-order valence-corrected chi connectivity index (χ3v) is 4.86. The number of rotatable bonds is 4. The molecule has 1 aliphatic heterocycles. The molecular formula is C17H21ClFNO3. The quantitative estimate of drug-likeness (QED) is 0.916. The first kappa shape index (κ1) is 16.7. The molecule has 0 aromatic heterocycles. The molecule has 1 N–H and O–H groups in total. The zero-order chi connectivity index (χ0) is 16.2. The van der Waals surface area contributed by atoms with Crippen LogP contribution in [-0.4, -0.2) is 37.4 Å². The van der Waals surface area contributed by atoms with Crippen molar-refractivity contribution >= 4 is 17.5 Å². The minimum atomic E-state index is -0.362. The van der Waals surface area contributed by atoms with Crippen LogP contribution in [0, 0.1) is 5.82 Å². The smallest absolute Gasteiger partial charge is 0.220 e. The van der Waals surface area contributed by atoms with Crippen LogP contribution in [0.15, 0.2) is 18.2 Å². The molecular weight excluding hydrogens is 321 g/mol. The maximum atomic E-state index is 13.7. The first-order valence-corrected chi connectivity index (χ1v) is 8.46. The summed E-state index contributed by atoms with van der Waals surface area (Å²) in [4.78, 5) is 12.1. The molecule has 1 saturated heterocycles. The topological polar surface area (TPSA) is 47.6 Å². The van der Waals surface area contributed by atoms with E-state index in [-0.39, 0.29) is 36.4 Å². The van der Waals surface area contributed by atoms with Crippen LogP contribution >= 0.6 is 11.6 Å². The summed E-state index contributed by atoms with van der Waals surface area (Å²) in [6.45, 7) is 1.27. The van der Waals surface area contributed by atoms with Gasteiger partial charge in [-0.25, -0.2) is 4.39 Å². The molecule has 1 heterocycles. The van der Waals surface area contributed by atoms with Gasteiger partial charge in [-0.05, 0) is 37.8 Å². The van der Waals surface area contributed by atoms with E-state index >= 15 is 0 Å². The highest BCUT2D eigenvalue weighted by atomic mass is 35.5. The lowest BCUT2D eigenvalue weighted by Crippen LogP contribution is -2.49. The predicted octanol–water partition coefficient (Wildman–Crippen LogP) is 2.86. The van der Waals surface area contributed by atoms with E-state index in [0.717, 1.165) is 19.3 Å². The normalized spacial score (nSPS) is 27.3. The Balaban J connectivity index is 1.48. The molecule has 23 heavy (non-hydrogen) atoms. The van der Waals surface area contributed by atoms with Gasteiger partial charge in [0.1, 0.15) is 5.82 Å². The van der Waals surface area contributed by atoms with Crippen molar-refractivity contribution < 1.29 is 18.7 Å². The largest absolute Gasteiger partial charge is 0.373 e. The van der Waals surface area contributed by atoms with Crippen LogP contribution in [0.25, 0.3) is 0 Å². The summed E-state index contributed by atoms with van der Waals surface area (Å²) in [6.07, 6.45) is 3.32. The van der Waals surface area contributed by atoms with Crippen LogP contribution in [0.1, 0.15) is 31.2 Å². The van der Waals surface area contributed by atoms with Crippen LogP contribution in [0.4, 0.5) is 4.39 Å². The van der Waals surface area contributed by atoms with Crippen molar-refractivity contribution in [3.63, 3.8) is 0 Å². The Morgan fingerprint density at radius 3 is 2.83 bits per heavy atom. The van der Waals surface area contributed by atoms with Crippen molar-refractivity contribution in [2.45, 2.75) is 50.4 Å². The summed E-state index contributed by atoms with van der Waals surface area (Å²) in [7, 11) is 0. The number of amides is 1. The SMILES string of the molecule is O=C(CCc1c(F)cccc1Cl)N[C@@H]1CC[C@H]2OCCO[C@H]2C1. The van der Waals surface area contributed by atoms with Crippen LogP contribution in [0.3, 0.4) is 0 Å². The first-order valence-electron chi connectivity index (χ1n) is 8.09. The molecule has 3 atom stereocenters. The minimum Gasteiger partial charge on any atom is -0.373 e. The van der Waals surface area contributed by atoms with E-state index in [4.69, 9.17) is 21.1 Å². The number of hydrogen-bond donors (Lipinski definition) is 1. The summed E-state index contributed by atoms with van der Waals surface area (Å²) in [5.41, 5.74) is 0.400. The van der Waals surface area contributed by atoms with Crippen molar-refractivity contribution in [3.8, 4) is 0 Å². The van der Waals surface area contributed by atoms with Gasteiger partial charge in [0.25, 0.3) is 0 Å². The number of fused-ring (bicyclic) bond motifs is 1. The van der Waals surface area contributed by atoms with Gasteiger partial charge >= 0.3 is 0 Å². The van der Waals surface area contributed by atoms with Gasteiger partial charge in [-0.3, -0.25) is 4.79 Å². The molecule has 3 rings (SSSR count). The minimum absolute atomic E-state index is 0.0730. The Kier molecular flexibility index (Phi) is 5.51. The van der Waals surface area contributed by atoms with Crippen LogP contribution in [0.2, 0.25) is 5.02 Å². The number of benzene rings is 1. The molecule has 126 valence electrons. The number of carbonyl (C=O) groups excluding carboxylic acids is 1. The lowest BCUT2D eigenvalue weighted by atomic mass is 9.89. The van der Waals surface area contributed by atoms with Crippen LogP contribution in [0.5, 0.6) is 0 Å². The van der Waals surface area contributed by atoms with Gasteiger partial charge in [0.15, 0.2) is 0 Å². The van der Waals surface area contributed by atoms with Crippen molar-refractivity contribution in [1.82, 2.24) is 5.32 Å². The molecule has 1 aliphatic carbocycles. The lowest BCUT2D eigenvalue weighted by Gasteiger charge is -2.39. The molecule has 1 saturated carbocycles. The maximum absolute atomic E-state index is 13.7. The number of halogens is 2. The van der Waals surface area contributed by atoms with Gasteiger partial charge < -0.3 is 14.8 Å². The number of nitrogens with one attached hydrogen (secondary N) is 1. The Bertz CT molecular complexity index is 549. The van der Waals surface area contributed by atoms with Gasteiger partial charge in [-0.2, -0.15) is 0 Å².